The molecule has 0 saturated carbocycles. The van der Waals surface area contributed by atoms with E-state index in [0.29, 0.717) is 36.3 Å². The first-order chi connectivity index (χ1) is 47.9. The molecule has 17 heteroatoms. The van der Waals surface area contributed by atoms with Crippen molar-refractivity contribution in [3.05, 3.63) is 360 Å². The van der Waals surface area contributed by atoms with Crippen LogP contribution in [0.5, 0.6) is 0 Å². The summed E-state index contributed by atoms with van der Waals surface area (Å²) in [5.41, 5.74) is 18.4. The van der Waals surface area contributed by atoms with E-state index in [4.69, 9.17) is 27.1 Å². The van der Waals surface area contributed by atoms with Crippen LogP contribution in [-0.2, 0) is 51.1 Å². The molecule has 6 aromatic carbocycles. The molecule has 0 spiro atoms. The molecule has 0 N–H and O–H groups in total. The molecule has 0 amide bonds. The molecule has 6 heterocycles. The minimum Gasteiger partial charge on any atom is -0.298 e. The smallest absolute Gasteiger partial charge is 0.265 e. The van der Waals surface area contributed by atoms with Gasteiger partial charge in [0.25, 0.3) is 6.49 Å². The number of hydrogen-bond donors (Lipinski definition) is 0. The van der Waals surface area contributed by atoms with Gasteiger partial charge in [-0.25, -0.2) is 41.7 Å². The zero-order chi connectivity index (χ0) is 67.6. The lowest BCUT2D eigenvalue weighted by Crippen LogP contribution is -2.33. The number of benzene rings is 6. The van der Waals surface area contributed by atoms with Crippen LogP contribution in [-0.4, -0.2) is 73.0 Å². The largest absolute Gasteiger partial charge is 0.298 e. The number of hydrazone groups is 3. The second-order valence-electron chi connectivity index (χ2n) is 24.1. The van der Waals surface area contributed by atoms with E-state index in [1.54, 1.807) is 14.3 Å². The van der Waals surface area contributed by atoms with Gasteiger partial charge in [0, 0.05) is 144 Å². The second kappa shape index (κ2) is 31.7. The van der Waals surface area contributed by atoms with Crippen LogP contribution in [0.25, 0.3) is 33.4 Å². The first-order valence-electron chi connectivity index (χ1n) is 32.2. The minimum atomic E-state index is -3.01. The van der Waals surface area contributed by atoms with Crippen LogP contribution >= 0.6 is 6.49 Å². The van der Waals surface area contributed by atoms with E-state index in [0.717, 1.165) is 122 Å². The third-order valence-electron chi connectivity index (χ3n) is 17.1. The molecule has 98 heavy (non-hydrogen) atoms. The monoisotopic (exact) mass is 1330 g/mol. The summed E-state index contributed by atoms with van der Waals surface area (Å²) in [6, 6.07) is 73.8. The van der Waals surface area contributed by atoms with Gasteiger partial charge in [-0.3, -0.25) is 14.4 Å². The molecule has 0 radical (unpaired) electrons. The van der Waals surface area contributed by atoms with Crippen LogP contribution in [0.15, 0.2) is 308 Å². The van der Waals surface area contributed by atoms with Crippen molar-refractivity contribution >= 4 is 55.8 Å². The normalized spacial score (nSPS) is 11.5. The zero-order valence-electron chi connectivity index (χ0n) is 54.9. The van der Waals surface area contributed by atoms with Crippen molar-refractivity contribution in [2.24, 2.45) is 15.3 Å². The van der Waals surface area contributed by atoms with Crippen molar-refractivity contribution in [1.29, 1.82) is 0 Å². The van der Waals surface area contributed by atoms with Crippen LogP contribution in [0, 0.1) is 0 Å². The highest BCUT2D eigenvalue weighted by atomic mass is 32.4. The standard InChI is InChI=1S/C81H75N12O3PS/c1-85(82-52-64-4-10-67(11-5-64)55-88-40-28-76(29-41-88)79-34-46-91(47-35-79)58-70-16-22-73(61-94)23-17-70)97(98,86(2)83-53-65-6-12-68(13-7-65)56-89-42-30-77(31-43-89)80-36-48-92(49-37-80)59-71-18-24-74(62-95)25-19-71)87(3)84-54-66-8-14-69(15-9-66)57-90-44-32-78(33-45-90)81-38-50-93(51-39-81)60-72-20-26-75(63-96)27-21-72/h4-54,61-63H,55-60H2,1-3H3/q+6/b82-52+,83-53+,84-54+. The molecule has 12 rings (SSSR count). The molecular formula is C81H75N12O3PS+6. The number of carbonyl (C=O) groups excluding carboxylic acids is 3. The van der Waals surface area contributed by atoms with Gasteiger partial charge in [-0.1, -0.05) is 146 Å². The number of aldehydes is 3. The molecule has 6 aromatic heterocycles. The van der Waals surface area contributed by atoms with Crippen molar-refractivity contribution in [3.8, 4) is 33.4 Å². The number of carbonyl (C=O) groups is 3. The lowest BCUT2D eigenvalue weighted by atomic mass is 10.1. The van der Waals surface area contributed by atoms with Gasteiger partial charge in [0.1, 0.15) is 18.9 Å². The van der Waals surface area contributed by atoms with E-state index in [2.05, 4.69) is 247 Å². The highest BCUT2D eigenvalue weighted by Gasteiger charge is 2.32. The lowest BCUT2D eigenvalue weighted by molar-refractivity contribution is -0.688. The molecule has 0 aliphatic carbocycles. The fraction of sp³-hybridized carbons (Fsp3) is 0.111. The average molecular weight is 1330 g/mol. The molecule has 0 aliphatic heterocycles. The predicted octanol–water partition coefficient (Wildman–Crippen LogP) is 11.6. The number of pyridine rings is 6. The van der Waals surface area contributed by atoms with E-state index in [-0.39, 0.29) is 0 Å². The van der Waals surface area contributed by atoms with E-state index in [1.165, 1.54) is 0 Å². The van der Waals surface area contributed by atoms with E-state index >= 15 is 0 Å². The summed E-state index contributed by atoms with van der Waals surface area (Å²) in [7, 11) is 5.65. The molecule has 482 valence electrons. The quantitative estimate of drug-likeness (QED) is 0.0165. The van der Waals surface area contributed by atoms with Crippen LogP contribution in [0.3, 0.4) is 0 Å². The van der Waals surface area contributed by atoms with Crippen molar-refractivity contribution in [1.82, 2.24) is 14.3 Å². The van der Waals surface area contributed by atoms with Crippen LogP contribution in [0.4, 0.5) is 0 Å². The van der Waals surface area contributed by atoms with Gasteiger partial charge in [0.2, 0.25) is 0 Å². The Morgan fingerprint density at radius 3 is 0.571 bits per heavy atom. The first kappa shape index (κ1) is 66.3. The fourth-order valence-electron chi connectivity index (χ4n) is 11.2. The fourth-order valence-corrected chi connectivity index (χ4v) is 13.3. The van der Waals surface area contributed by atoms with Crippen molar-refractivity contribution in [2.45, 2.75) is 39.3 Å². The van der Waals surface area contributed by atoms with E-state index in [1.807, 2.05) is 113 Å². The summed E-state index contributed by atoms with van der Waals surface area (Å²) in [4.78, 5) is 33.2. The Bertz CT molecular complexity index is 4300. The van der Waals surface area contributed by atoms with Gasteiger partial charge in [-0.2, -0.15) is 15.3 Å². The molecule has 0 bridgehead atoms. The minimum absolute atomic E-state index is 0.676. The Morgan fingerprint density at radius 2 is 0.418 bits per heavy atom. The Labute approximate surface area is 577 Å². The summed E-state index contributed by atoms with van der Waals surface area (Å²) in [6.07, 6.45) is 33.2. The number of hydrogen-bond acceptors (Lipinski definition) is 7. The Kier molecular flexibility index (Phi) is 21.4. The van der Waals surface area contributed by atoms with Crippen LogP contribution in [0.1, 0.15) is 81.1 Å². The Balaban J connectivity index is 0.688. The molecule has 0 fully saturated rings. The third-order valence-corrected chi connectivity index (χ3v) is 21.8. The summed E-state index contributed by atoms with van der Waals surface area (Å²) >= 11 is 6.64. The summed E-state index contributed by atoms with van der Waals surface area (Å²) < 4.78 is 18.3. The SMILES string of the molecule is CN(/N=C/c1ccc(C[n+]2ccc(-c3cc[n+](Cc4ccc(C=O)cc4)cc3)cc2)cc1)P(=S)(N(C)/N=C/c1ccc(C[n+]2ccc(-c3cc[n+](Cc4ccc(C=O)cc4)cc3)cc2)cc1)N(C)/N=C/c1ccc(C[n+]2ccc(-c3cc[n+](Cc4ccc(C=O)cc4)cc3)cc2)cc1. The molecular weight excluding hydrogens is 1250 g/mol. The van der Waals surface area contributed by atoms with Gasteiger partial charge in [-0.05, 0) is 61.9 Å². The van der Waals surface area contributed by atoms with E-state index < -0.39 is 6.49 Å². The molecule has 0 atom stereocenters. The van der Waals surface area contributed by atoms with Crippen molar-refractivity contribution < 1.29 is 41.8 Å². The maximum absolute atomic E-state index is 11.1. The topological polar surface area (TPSA) is 121 Å². The lowest BCUT2D eigenvalue weighted by Gasteiger charge is -2.39. The average Bonchev–Trinajstić information content (AvgIpc) is 0.818. The molecule has 12 aromatic rings. The molecule has 0 saturated heterocycles. The van der Waals surface area contributed by atoms with Crippen LogP contribution < -0.4 is 27.4 Å². The van der Waals surface area contributed by atoms with E-state index in [9.17, 15) is 14.4 Å². The first-order valence-corrected chi connectivity index (χ1v) is 34.9. The summed E-state index contributed by atoms with van der Waals surface area (Å²) in [6.45, 7) is 1.27. The van der Waals surface area contributed by atoms with Gasteiger partial charge in [-0.15, -0.1) is 0 Å². The maximum Gasteiger partial charge on any atom is 0.265 e. The predicted molar refractivity (Wildman–Crippen MR) is 387 cm³/mol. The van der Waals surface area contributed by atoms with Crippen molar-refractivity contribution in [2.75, 3.05) is 21.1 Å². The van der Waals surface area contributed by atoms with Crippen molar-refractivity contribution in [3.63, 3.8) is 0 Å². The third kappa shape index (κ3) is 17.4. The number of nitrogens with zero attached hydrogens (tertiary/aromatic N) is 12. The zero-order valence-corrected chi connectivity index (χ0v) is 56.6. The number of rotatable bonds is 27. The second-order valence-corrected chi connectivity index (χ2v) is 28.3. The summed E-state index contributed by atoms with van der Waals surface area (Å²) in [5.74, 6) is 0. The number of aromatic nitrogens is 6. The van der Waals surface area contributed by atoms with Gasteiger partial charge >= 0.3 is 0 Å². The van der Waals surface area contributed by atoms with Crippen LogP contribution in [0.2, 0.25) is 0 Å². The Morgan fingerprint density at radius 1 is 0.265 bits per heavy atom. The Hall–Kier alpha value is -11.7. The summed E-state index contributed by atoms with van der Waals surface area (Å²) in [5, 5.41) is 14.9. The van der Waals surface area contributed by atoms with Gasteiger partial charge in [0.15, 0.2) is 114 Å². The molecule has 0 aliphatic rings. The highest BCUT2D eigenvalue weighted by Crippen LogP contribution is 2.55. The van der Waals surface area contributed by atoms with Gasteiger partial charge < -0.3 is 0 Å². The molecule has 15 nitrogen and oxygen atoms in total. The maximum atomic E-state index is 11.1. The van der Waals surface area contributed by atoms with Gasteiger partial charge in [0.05, 0.1) is 18.6 Å². The molecule has 0 unspecified atom stereocenters. The highest BCUT2D eigenvalue weighted by molar-refractivity contribution is 8.11.